The number of carbonyl (C=O) groups excluding carboxylic acids is 2. The molecule has 0 unspecified atom stereocenters. The van der Waals surface area contributed by atoms with Crippen LogP contribution in [0.15, 0.2) is 41.3 Å². The Hall–Kier alpha value is -2.58. The number of hydrogen-bond donors (Lipinski definition) is 2. The fourth-order valence-corrected chi connectivity index (χ4v) is 3.70. The second-order valence-corrected chi connectivity index (χ2v) is 8.86. The van der Waals surface area contributed by atoms with Crippen LogP contribution >= 0.6 is 11.6 Å². The number of carbonyl (C=O) groups is 2. The maximum Gasteiger partial charge on any atom is 0.325 e. The van der Waals surface area contributed by atoms with E-state index >= 15 is 0 Å². The van der Waals surface area contributed by atoms with Crippen molar-refractivity contribution >= 4 is 39.2 Å². The number of esters is 1. The van der Waals surface area contributed by atoms with Gasteiger partial charge >= 0.3 is 5.97 Å². The minimum absolute atomic E-state index is 0.0601. The Labute approximate surface area is 175 Å². The van der Waals surface area contributed by atoms with E-state index < -0.39 is 21.9 Å². The summed E-state index contributed by atoms with van der Waals surface area (Å²) in [6, 6.07) is 8.97. The second kappa shape index (κ2) is 9.28. The van der Waals surface area contributed by atoms with E-state index in [1.807, 2.05) is 19.9 Å². The van der Waals surface area contributed by atoms with Gasteiger partial charge in [-0.05, 0) is 69.2 Å². The minimum atomic E-state index is -3.94. The topological polar surface area (TPSA) is 102 Å². The van der Waals surface area contributed by atoms with Crippen molar-refractivity contribution in [2.75, 3.05) is 11.3 Å². The molecule has 2 aromatic carbocycles. The van der Waals surface area contributed by atoms with Crippen LogP contribution in [0.5, 0.6) is 0 Å². The van der Waals surface area contributed by atoms with Crippen LogP contribution < -0.4 is 10.0 Å². The maximum absolute atomic E-state index is 12.7. The highest BCUT2D eigenvalue weighted by Crippen LogP contribution is 2.23. The molecule has 0 saturated carbocycles. The first-order valence-electron chi connectivity index (χ1n) is 8.87. The Bertz CT molecular complexity index is 1040. The summed E-state index contributed by atoms with van der Waals surface area (Å²) in [5.74, 6) is -1.29. The van der Waals surface area contributed by atoms with Gasteiger partial charge in [0.1, 0.15) is 6.54 Å². The van der Waals surface area contributed by atoms with Crippen molar-refractivity contribution in [1.82, 2.24) is 5.32 Å². The lowest BCUT2D eigenvalue weighted by Crippen LogP contribution is -2.32. The normalized spacial score (nSPS) is 11.2. The molecule has 9 heteroatoms. The van der Waals surface area contributed by atoms with Gasteiger partial charge in [0.15, 0.2) is 0 Å². The van der Waals surface area contributed by atoms with E-state index in [1.54, 1.807) is 26.0 Å². The molecule has 2 N–H and O–H groups in total. The van der Waals surface area contributed by atoms with Gasteiger partial charge in [0.25, 0.3) is 15.9 Å². The molecule has 0 heterocycles. The molecular weight excluding hydrogens is 416 g/mol. The Morgan fingerprint density at radius 1 is 1.07 bits per heavy atom. The van der Waals surface area contributed by atoms with Crippen LogP contribution in [0, 0.1) is 13.8 Å². The summed E-state index contributed by atoms with van der Waals surface area (Å²) in [5.41, 5.74) is 2.32. The zero-order valence-corrected chi connectivity index (χ0v) is 18.1. The Morgan fingerprint density at radius 2 is 1.76 bits per heavy atom. The molecule has 2 aromatic rings. The van der Waals surface area contributed by atoms with E-state index in [1.165, 1.54) is 12.1 Å². The predicted octanol–water partition coefficient (Wildman–Crippen LogP) is 3.44. The van der Waals surface area contributed by atoms with Crippen LogP contribution in [0.4, 0.5) is 5.69 Å². The Morgan fingerprint density at radius 3 is 2.38 bits per heavy atom. The molecule has 29 heavy (non-hydrogen) atoms. The fraction of sp³-hybridized carbons (Fsp3) is 0.300. The van der Waals surface area contributed by atoms with Gasteiger partial charge < -0.3 is 10.1 Å². The standard InChI is InChI=1S/C20H23ClN2O5S/c1-12(2)28-19(24)11-22-20(25)17-10-16(7-8-18(17)21)29(26,27)23-15-6-5-13(3)14(4)9-15/h5-10,12,23H,11H2,1-4H3,(H,22,25). The smallest absolute Gasteiger partial charge is 0.325 e. The van der Waals surface area contributed by atoms with Crippen LogP contribution in [-0.2, 0) is 19.6 Å². The SMILES string of the molecule is Cc1ccc(NS(=O)(=O)c2ccc(Cl)c(C(=O)NCC(=O)OC(C)C)c2)cc1C. The molecule has 2 rings (SSSR count). The average Bonchev–Trinajstić information content (AvgIpc) is 2.62. The predicted molar refractivity (Wildman–Crippen MR) is 112 cm³/mol. The second-order valence-electron chi connectivity index (χ2n) is 6.77. The molecule has 0 aromatic heterocycles. The van der Waals surface area contributed by atoms with Crippen molar-refractivity contribution in [2.45, 2.75) is 38.7 Å². The molecule has 1 amide bonds. The number of nitrogens with one attached hydrogen (secondary N) is 2. The number of ether oxygens (including phenoxy) is 1. The summed E-state index contributed by atoms with van der Waals surface area (Å²) in [6.07, 6.45) is -0.312. The van der Waals surface area contributed by atoms with Crippen LogP contribution in [-0.4, -0.2) is 32.9 Å². The number of halogens is 1. The third-order valence-corrected chi connectivity index (χ3v) is 5.72. The van der Waals surface area contributed by atoms with Crippen LogP contribution in [0.25, 0.3) is 0 Å². The highest BCUT2D eigenvalue weighted by molar-refractivity contribution is 7.92. The molecule has 7 nitrogen and oxygen atoms in total. The van der Waals surface area contributed by atoms with Gasteiger partial charge in [0.05, 0.1) is 21.6 Å². The summed E-state index contributed by atoms with van der Waals surface area (Å²) in [4.78, 5) is 23.8. The van der Waals surface area contributed by atoms with Gasteiger partial charge in [-0.2, -0.15) is 0 Å². The molecule has 0 spiro atoms. The molecular formula is C20H23ClN2O5S. The Balaban J connectivity index is 2.21. The molecule has 0 radical (unpaired) electrons. The van der Waals surface area contributed by atoms with E-state index in [2.05, 4.69) is 10.0 Å². The summed E-state index contributed by atoms with van der Waals surface area (Å²) in [6.45, 7) is 6.82. The number of aryl methyl sites for hydroxylation is 2. The van der Waals surface area contributed by atoms with E-state index in [0.29, 0.717) is 5.69 Å². The lowest BCUT2D eigenvalue weighted by molar-refractivity contribution is -0.146. The minimum Gasteiger partial charge on any atom is -0.462 e. The summed E-state index contributed by atoms with van der Waals surface area (Å²) < 4.78 is 32.8. The third-order valence-electron chi connectivity index (χ3n) is 4.01. The van der Waals surface area contributed by atoms with Gasteiger partial charge in [-0.3, -0.25) is 14.3 Å². The molecule has 0 fully saturated rings. The quantitative estimate of drug-likeness (QED) is 0.645. The number of amides is 1. The number of anilines is 1. The van der Waals surface area contributed by atoms with Crippen molar-refractivity contribution in [2.24, 2.45) is 0 Å². The molecule has 0 aliphatic rings. The van der Waals surface area contributed by atoms with Gasteiger partial charge in [0.2, 0.25) is 0 Å². The molecule has 0 aliphatic carbocycles. The summed E-state index contributed by atoms with van der Waals surface area (Å²) in [7, 11) is -3.94. The number of rotatable bonds is 7. The number of sulfonamides is 1. The van der Waals surface area contributed by atoms with Crippen LogP contribution in [0.2, 0.25) is 5.02 Å². The third kappa shape index (κ3) is 6.20. The first-order chi connectivity index (χ1) is 13.5. The lowest BCUT2D eigenvalue weighted by Gasteiger charge is -2.12. The molecule has 0 aliphatic heterocycles. The number of hydrogen-bond acceptors (Lipinski definition) is 5. The average molecular weight is 439 g/mol. The summed E-state index contributed by atoms with van der Waals surface area (Å²) >= 11 is 6.05. The van der Waals surface area contributed by atoms with E-state index in [-0.39, 0.29) is 28.1 Å². The maximum atomic E-state index is 12.7. The van der Waals surface area contributed by atoms with Crippen molar-refractivity contribution in [3.05, 3.63) is 58.1 Å². The molecule has 0 atom stereocenters. The molecule has 156 valence electrons. The van der Waals surface area contributed by atoms with Crippen LogP contribution in [0.3, 0.4) is 0 Å². The van der Waals surface area contributed by atoms with Crippen molar-refractivity contribution < 1.29 is 22.7 Å². The molecule has 0 bridgehead atoms. The van der Waals surface area contributed by atoms with Gasteiger partial charge in [-0.1, -0.05) is 17.7 Å². The lowest BCUT2D eigenvalue weighted by atomic mass is 10.1. The van der Waals surface area contributed by atoms with Crippen LogP contribution in [0.1, 0.15) is 35.3 Å². The number of benzene rings is 2. The van der Waals surface area contributed by atoms with Crippen molar-refractivity contribution in [3.8, 4) is 0 Å². The monoisotopic (exact) mass is 438 g/mol. The first kappa shape index (κ1) is 22.7. The highest BCUT2D eigenvalue weighted by atomic mass is 35.5. The van der Waals surface area contributed by atoms with E-state index in [0.717, 1.165) is 17.2 Å². The van der Waals surface area contributed by atoms with Gasteiger partial charge in [-0.15, -0.1) is 0 Å². The van der Waals surface area contributed by atoms with Crippen molar-refractivity contribution in [3.63, 3.8) is 0 Å². The Kier molecular flexibility index (Phi) is 7.26. The zero-order chi connectivity index (χ0) is 21.8. The van der Waals surface area contributed by atoms with E-state index in [4.69, 9.17) is 16.3 Å². The largest absolute Gasteiger partial charge is 0.462 e. The van der Waals surface area contributed by atoms with Gasteiger partial charge in [0, 0.05) is 5.69 Å². The highest BCUT2D eigenvalue weighted by Gasteiger charge is 2.20. The summed E-state index contributed by atoms with van der Waals surface area (Å²) in [5, 5.41) is 2.43. The van der Waals surface area contributed by atoms with Crippen molar-refractivity contribution in [1.29, 1.82) is 0 Å². The van der Waals surface area contributed by atoms with Gasteiger partial charge in [-0.25, -0.2) is 8.42 Å². The fourth-order valence-electron chi connectivity index (χ4n) is 2.42. The molecule has 0 saturated heterocycles. The van der Waals surface area contributed by atoms with E-state index in [9.17, 15) is 18.0 Å². The zero-order valence-electron chi connectivity index (χ0n) is 16.6. The first-order valence-corrected chi connectivity index (χ1v) is 10.7.